The summed E-state index contributed by atoms with van der Waals surface area (Å²) in [6.07, 6.45) is 0. The second-order valence-electron chi connectivity index (χ2n) is 6.32. The Hall–Kier alpha value is -1.85. The van der Waals surface area contributed by atoms with Crippen molar-refractivity contribution >= 4 is 34.1 Å². The van der Waals surface area contributed by atoms with Crippen LogP contribution in [0.1, 0.15) is 13.8 Å². The van der Waals surface area contributed by atoms with Crippen LogP contribution in [0.5, 0.6) is 0 Å². The van der Waals surface area contributed by atoms with E-state index in [2.05, 4.69) is 26.9 Å². The minimum atomic E-state index is 0.213. The summed E-state index contributed by atoms with van der Waals surface area (Å²) in [5, 5.41) is 2.64. The summed E-state index contributed by atoms with van der Waals surface area (Å²) >= 11 is 6.35. The number of rotatable bonds is 5. The Kier molecular flexibility index (Phi) is 5.76. The molecule has 2 heterocycles. The molecule has 0 N–H and O–H groups in total. The topological polar surface area (TPSA) is 39.7 Å². The number of benzene rings is 1. The quantitative estimate of drug-likeness (QED) is 0.769. The zero-order valence-corrected chi connectivity index (χ0v) is 15.7. The smallest absolute Gasteiger partial charge is 0.236 e. The number of aromatic nitrogens is 1. The first-order chi connectivity index (χ1) is 12.1. The molecule has 0 aliphatic carbocycles. The van der Waals surface area contributed by atoms with Crippen molar-refractivity contribution in [1.29, 1.82) is 0 Å². The molecule has 134 valence electrons. The molecule has 1 amide bonds. The third kappa shape index (κ3) is 4.05. The van der Waals surface area contributed by atoms with E-state index in [1.54, 1.807) is 0 Å². The van der Waals surface area contributed by atoms with E-state index < -0.39 is 0 Å². The van der Waals surface area contributed by atoms with E-state index in [4.69, 9.17) is 11.6 Å². The Morgan fingerprint density at radius 1 is 1.16 bits per heavy atom. The van der Waals surface area contributed by atoms with Crippen LogP contribution in [0.4, 0.5) is 5.82 Å². The average molecular weight is 361 g/mol. The van der Waals surface area contributed by atoms with Crippen LogP contribution in [0, 0.1) is 0 Å². The van der Waals surface area contributed by atoms with Gasteiger partial charge >= 0.3 is 0 Å². The van der Waals surface area contributed by atoms with Crippen LogP contribution in [-0.2, 0) is 4.79 Å². The molecule has 25 heavy (non-hydrogen) atoms. The molecule has 5 nitrogen and oxygen atoms in total. The molecule has 1 saturated heterocycles. The van der Waals surface area contributed by atoms with Gasteiger partial charge in [-0.05, 0) is 25.3 Å². The SMILES string of the molecule is CCN(CC)C(=O)CN1CCN(c2cc3ccccc3c(Cl)n2)CC1. The van der Waals surface area contributed by atoms with Crippen molar-refractivity contribution in [3.63, 3.8) is 0 Å². The third-order valence-corrected chi connectivity index (χ3v) is 5.14. The van der Waals surface area contributed by atoms with Crippen molar-refractivity contribution in [3.8, 4) is 0 Å². The molecule has 1 fully saturated rings. The number of carbonyl (C=O) groups excluding carboxylic acids is 1. The summed E-state index contributed by atoms with van der Waals surface area (Å²) in [6.45, 7) is 9.52. The number of fused-ring (bicyclic) bond motifs is 1. The maximum absolute atomic E-state index is 12.3. The maximum atomic E-state index is 12.3. The van der Waals surface area contributed by atoms with Crippen LogP contribution >= 0.6 is 11.6 Å². The fourth-order valence-electron chi connectivity index (χ4n) is 3.31. The van der Waals surface area contributed by atoms with E-state index >= 15 is 0 Å². The van der Waals surface area contributed by atoms with E-state index in [1.807, 2.05) is 36.9 Å². The molecule has 1 aliphatic rings. The maximum Gasteiger partial charge on any atom is 0.236 e. The van der Waals surface area contributed by atoms with Crippen molar-refractivity contribution in [2.24, 2.45) is 0 Å². The molecule has 0 bridgehead atoms. The highest BCUT2D eigenvalue weighted by atomic mass is 35.5. The molecule has 0 unspecified atom stereocenters. The van der Waals surface area contributed by atoms with Crippen LogP contribution in [0.15, 0.2) is 30.3 Å². The standard InChI is InChI=1S/C19H25ClN4O/c1-3-23(4-2)18(25)14-22-9-11-24(12-10-22)17-13-15-7-5-6-8-16(15)19(20)21-17/h5-8,13H,3-4,9-12,14H2,1-2H3. The van der Waals surface area contributed by atoms with Crippen molar-refractivity contribution in [2.75, 3.05) is 50.7 Å². The summed E-state index contributed by atoms with van der Waals surface area (Å²) in [5.74, 6) is 1.13. The minimum absolute atomic E-state index is 0.213. The number of amides is 1. The van der Waals surface area contributed by atoms with Gasteiger partial charge in [0.2, 0.25) is 5.91 Å². The Morgan fingerprint density at radius 3 is 2.52 bits per heavy atom. The summed E-state index contributed by atoms with van der Waals surface area (Å²) in [4.78, 5) is 23.2. The van der Waals surface area contributed by atoms with Crippen molar-refractivity contribution < 1.29 is 4.79 Å². The first kappa shape index (κ1) is 18.0. The molecular weight excluding hydrogens is 336 g/mol. The number of anilines is 1. The lowest BCUT2D eigenvalue weighted by Crippen LogP contribution is -2.50. The molecule has 1 aromatic heterocycles. The molecule has 6 heteroatoms. The average Bonchev–Trinajstić information content (AvgIpc) is 2.63. The van der Waals surface area contributed by atoms with Crippen LogP contribution in [-0.4, -0.2) is 66.5 Å². The number of nitrogens with zero attached hydrogens (tertiary/aromatic N) is 4. The van der Waals surface area contributed by atoms with Crippen molar-refractivity contribution in [2.45, 2.75) is 13.8 Å². The molecule has 3 rings (SSSR count). The Morgan fingerprint density at radius 2 is 1.84 bits per heavy atom. The van der Waals surface area contributed by atoms with Gasteiger partial charge in [-0.15, -0.1) is 0 Å². The van der Waals surface area contributed by atoms with Gasteiger partial charge in [0.1, 0.15) is 11.0 Å². The molecule has 0 atom stereocenters. The summed E-state index contributed by atoms with van der Waals surface area (Å²) in [6, 6.07) is 10.1. The van der Waals surface area contributed by atoms with Gasteiger partial charge in [0.05, 0.1) is 6.54 Å². The molecule has 1 aliphatic heterocycles. The minimum Gasteiger partial charge on any atom is -0.354 e. The summed E-state index contributed by atoms with van der Waals surface area (Å²) in [5.41, 5.74) is 0. The van der Waals surface area contributed by atoms with Crippen LogP contribution in [0.25, 0.3) is 10.8 Å². The van der Waals surface area contributed by atoms with Gasteiger partial charge in [0, 0.05) is 44.7 Å². The second-order valence-corrected chi connectivity index (χ2v) is 6.68. The van der Waals surface area contributed by atoms with Gasteiger partial charge in [-0.3, -0.25) is 9.69 Å². The van der Waals surface area contributed by atoms with E-state index in [1.165, 1.54) is 0 Å². The molecule has 1 aromatic carbocycles. The Balaban J connectivity index is 1.64. The first-order valence-electron chi connectivity index (χ1n) is 8.92. The second kappa shape index (κ2) is 8.02. The van der Waals surface area contributed by atoms with Gasteiger partial charge in [0.25, 0.3) is 0 Å². The monoisotopic (exact) mass is 360 g/mol. The first-order valence-corrected chi connectivity index (χ1v) is 9.30. The van der Waals surface area contributed by atoms with Crippen molar-refractivity contribution in [3.05, 3.63) is 35.5 Å². The van der Waals surface area contributed by atoms with E-state index in [9.17, 15) is 4.79 Å². The van der Waals surface area contributed by atoms with Gasteiger partial charge in [-0.2, -0.15) is 0 Å². The normalized spacial score (nSPS) is 15.6. The number of hydrogen-bond donors (Lipinski definition) is 0. The van der Waals surface area contributed by atoms with Gasteiger partial charge in [-0.1, -0.05) is 35.9 Å². The molecule has 2 aromatic rings. The fraction of sp³-hybridized carbons (Fsp3) is 0.474. The van der Waals surface area contributed by atoms with Crippen molar-refractivity contribution in [1.82, 2.24) is 14.8 Å². The van der Waals surface area contributed by atoms with Gasteiger partial charge in [-0.25, -0.2) is 4.98 Å². The Labute approximate surface area is 154 Å². The van der Waals surface area contributed by atoms with Crippen LogP contribution in [0.3, 0.4) is 0 Å². The largest absolute Gasteiger partial charge is 0.354 e. The predicted molar refractivity (Wildman–Crippen MR) is 103 cm³/mol. The number of halogens is 1. The molecule has 0 saturated carbocycles. The zero-order chi connectivity index (χ0) is 17.8. The highest BCUT2D eigenvalue weighted by Crippen LogP contribution is 2.26. The lowest BCUT2D eigenvalue weighted by Gasteiger charge is -2.36. The van der Waals surface area contributed by atoms with Crippen LogP contribution < -0.4 is 4.90 Å². The van der Waals surface area contributed by atoms with E-state index in [0.717, 1.165) is 55.9 Å². The third-order valence-electron chi connectivity index (χ3n) is 4.85. The fourth-order valence-corrected chi connectivity index (χ4v) is 3.57. The lowest BCUT2D eigenvalue weighted by molar-refractivity contribution is -0.132. The number of piperazine rings is 1. The highest BCUT2D eigenvalue weighted by molar-refractivity contribution is 6.34. The van der Waals surface area contributed by atoms with Crippen LogP contribution in [0.2, 0.25) is 5.15 Å². The summed E-state index contributed by atoms with van der Waals surface area (Å²) in [7, 11) is 0. The highest BCUT2D eigenvalue weighted by Gasteiger charge is 2.22. The predicted octanol–water partition coefficient (Wildman–Crippen LogP) is 2.88. The number of hydrogen-bond acceptors (Lipinski definition) is 4. The van der Waals surface area contributed by atoms with Gasteiger partial charge < -0.3 is 9.80 Å². The van der Waals surface area contributed by atoms with E-state index in [-0.39, 0.29) is 5.91 Å². The summed E-state index contributed by atoms with van der Waals surface area (Å²) < 4.78 is 0. The lowest BCUT2D eigenvalue weighted by atomic mass is 10.1. The Bertz CT molecular complexity index is 739. The number of likely N-dealkylation sites (N-methyl/N-ethyl adjacent to an activating group) is 1. The van der Waals surface area contributed by atoms with Gasteiger partial charge in [0.15, 0.2) is 0 Å². The number of carbonyl (C=O) groups is 1. The molecular formula is C19H25ClN4O. The molecule has 0 spiro atoms. The zero-order valence-electron chi connectivity index (χ0n) is 14.9. The molecule has 0 radical (unpaired) electrons. The van der Waals surface area contributed by atoms with E-state index in [0.29, 0.717) is 11.7 Å². The number of pyridine rings is 1.